The van der Waals surface area contributed by atoms with E-state index in [1.807, 2.05) is 36.4 Å². The molecule has 2 aromatic carbocycles. The third-order valence-corrected chi connectivity index (χ3v) is 3.47. The third-order valence-electron chi connectivity index (χ3n) is 2.61. The molecule has 0 aliphatic carbocycles. The molecular weight excluding hydrogens is 300 g/mol. The van der Waals surface area contributed by atoms with E-state index in [0.29, 0.717) is 0 Å². The molecule has 0 saturated carbocycles. The van der Waals surface area contributed by atoms with E-state index in [4.69, 9.17) is 16.3 Å². The Kier molecular flexibility index (Phi) is 4.08. The second-order valence-corrected chi connectivity index (χ2v) is 4.66. The molecule has 2 rings (SSSR count). The molecule has 0 atom stereocenters. The smallest absolute Gasteiger partial charge is 0.119 e. The van der Waals surface area contributed by atoms with Crippen LogP contribution in [-0.4, -0.2) is 7.11 Å². The van der Waals surface area contributed by atoms with Crippen molar-refractivity contribution >= 4 is 27.5 Å². The number of halogens is 2. The zero-order valence-corrected chi connectivity index (χ0v) is 11.8. The van der Waals surface area contributed by atoms with Crippen molar-refractivity contribution in [2.75, 3.05) is 7.11 Å². The molecule has 0 fully saturated rings. The van der Waals surface area contributed by atoms with Crippen LogP contribution in [-0.2, 0) is 5.33 Å². The number of hydrogen-bond acceptors (Lipinski definition) is 1. The van der Waals surface area contributed by atoms with E-state index in [1.54, 1.807) is 7.11 Å². The van der Waals surface area contributed by atoms with Crippen molar-refractivity contribution in [3.8, 4) is 16.9 Å². The van der Waals surface area contributed by atoms with Gasteiger partial charge in [0.2, 0.25) is 0 Å². The molecule has 0 radical (unpaired) electrons. The van der Waals surface area contributed by atoms with Crippen molar-refractivity contribution in [3.05, 3.63) is 53.1 Å². The molecule has 2 aromatic rings. The second-order valence-electron chi connectivity index (χ2n) is 3.66. The first-order valence-corrected chi connectivity index (χ1v) is 6.73. The van der Waals surface area contributed by atoms with Gasteiger partial charge in [-0.25, -0.2) is 0 Å². The molecule has 3 heteroatoms. The highest BCUT2D eigenvalue weighted by Gasteiger charge is 2.05. The monoisotopic (exact) mass is 310 g/mol. The van der Waals surface area contributed by atoms with Crippen molar-refractivity contribution in [2.24, 2.45) is 0 Å². The SMILES string of the molecule is COc1ccc(-c2ccc(Cl)cc2)c(CBr)c1. The maximum Gasteiger partial charge on any atom is 0.119 e. The van der Waals surface area contributed by atoms with Gasteiger partial charge in [-0.3, -0.25) is 0 Å². The van der Waals surface area contributed by atoms with Crippen molar-refractivity contribution in [3.63, 3.8) is 0 Å². The molecule has 1 nitrogen and oxygen atoms in total. The van der Waals surface area contributed by atoms with Gasteiger partial charge in [0.25, 0.3) is 0 Å². The van der Waals surface area contributed by atoms with Crippen LogP contribution < -0.4 is 4.74 Å². The largest absolute Gasteiger partial charge is 0.497 e. The Morgan fingerprint density at radius 2 is 1.82 bits per heavy atom. The van der Waals surface area contributed by atoms with Crippen LogP contribution in [0.1, 0.15) is 5.56 Å². The van der Waals surface area contributed by atoms with Gasteiger partial charge < -0.3 is 4.74 Å². The van der Waals surface area contributed by atoms with Crippen LogP contribution in [0.25, 0.3) is 11.1 Å². The Morgan fingerprint density at radius 1 is 1.12 bits per heavy atom. The maximum absolute atomic E-state index is 5.89. The van der Waals surface area contributed by atoms with E-state index >= 15 is 0 Å². The number of methoxy groups -OCH3 is 1. The summed E-state index contributed by atoms with van der Waals surface area (Å²) in [5.41, 5.74) is 3.55. The highest BCUT2D eigenvalue weighted by atomic mass is 79.9. The zero-order valence-electron chi connectivity index (χ0n) is 9.41. The molecule has 0 aliphatic rings. The molecule has 0 saturated heterocycles. The van der Waals surface area contributed by atoms with Gasteiger partial charge in [0, 0.05) is 10.4 Å². The molecule has 0 aliphatic heterocycles. The average molecular weight is 312 g/mol. The Balaban J connectivity index is 2.47. The molecule has 17 heavy (non-hydrogen) atoms. The van der Waals surface area contributed by atoms with Gasteiger partial charge in [-0.05, 0) is 41.0 Å². The quantitative estimate of drug-likeness (QED) is 0.732. The number of benzene rings is 2. The summed E-state index contributed by atoms with van der Waals surface area (Å²) in [4.78, 5) is 0. The summed E-state index contributed by atoms with van der Waals surface area (Å²) < 4.78 is 5.22. The Hall–Kier alpha value is -0.990. The standard InChI is InChI=1S/C14H12BrClO/c1-17-13-6-7-14(11(8-13)9-15)10-2-4-12(16)5-3-10/h2-8H,9H2,1H3. The van der Waals surface area contributed by atoms with E-state index in [-0.39, 0.29) is 0 Å². The Labute approximate surface area is 115 Å². The lowest BCUT2D eigenvalue weighted by Crippen LogP contribution is -1.89. The molecule has 0 spiro atoms. The highest BCUT2D eigenvalue weighted by molar-refractivity contribution is 9.08. The van der Waals surface area contributed by atoms with Crippen molar-refractivity contribution in [2.45, 2.75) is 5.33 Å². The molecule has 0 amide bonds. The first-order chi connectivity index (χ1) is 8.24. The third kappa shape index (κ3) is 2.82. The van der Waals surface area contributed by atoms with Crippen molar-refractivity contribution in [1.29, 1.82) is 0 Å². The van der Waals surface area contributed by atoms with Crippen LogP contribution in [0, 0.1) is 0 Å². The van der Waals surface area contributed by atoms with Gasteiger partial charge >= 0.3 is 0 Å². The van der Waals surface area contributed by atoms with E-state index in [2.05, 4.69) is 22.0 Å². The van der Waals surface area contributed by atoms with Gasteiger partial charge in [0.05, 0.1) is 7.11 Å². The van der Waals surface area contributed by atoms with Crippen LogP contribution in [0.15, 0.2) is 42.5 Å². The van der Waals surface area contributed by atoms with Gasteiger partial charge in [-0.15, -0.1) is 0 Å². The molecular formula is C14H12BrClO. The number of ether oxygens (including phenoxy) is 1. The lowest BCUT2D eigenvalue weighted by atomic mass is 10.0. The van der Waals surface area contributed by atoms with Gasteiger partial charge in [0.15, 0.2) is 0 Å². The summed E-state index contributed by atoms with van der Waals surface area (Å²) >= 11 is 9.39. The molecule has 0 unspecified atom stereocenters. The van der Waals surface area contributed by atoms with E-state index in [9.17, 15) is 0 Å². The summed E-state index contributed by atoms with van der Waals surface area (Å²) in [6, 6.07) is 13.9. The van der Waals surface area contributed by atoms with E-state index in [1.165, 1.54) is 11.1 Å². The molecule has 0 N–H and O–H groups in total. The minimum absolute atomic E-state index is 0.752. The van der Waals surface area contributed by atoms with Gasteiger partial charge in [-0.2, -0.15) is 0 Å². The fourth-order valence-corrected chi connectivity index (χ4v) is 2.31. The predicted octanol–water partition coefficient (Wildman–Crippen LogP) is 4.91. The molecule has 0 aromatic heterocycles. The fraction of sp³-hybridized carbons (Fsp3) is 0.143. The van der Waals surface area contributed by atoms with Crippen LogP contribution in [0.2, 0.25) is 5.02 Å². The summed E-state index contributed by atoms with van der Waals surface area (Å²) in [5, 5.41) is 1.55. The van der Waals surface area contributed by atoms with E-state index < -0.39 is 0 Å². The number of alkyl halides is 1. The zero-order chi connectivity index (χ0) is 12.3. The van der Waals surface area contributed by atoms with Gasteiger partial charge in [-0.1, -0.05) is 45.7 Å². The maximum atomic E-state index is 5.89. The Morgan fingerprint density at radius 3 is 2.41 bits per heavy atom. The second kappa shape index (κ2) is 5.56. The summed E-state index contributed by atoms with van der Waals surface area (Å²) in [5.74, 6) is 0.872. The topological polar surface area (TPSA) is 9.23 Å². The fourth-order valence-electron chi connectivity index (χ4n) is 1.72. The van der Waals surface area contributed by atoms with Crippen molar-refractivity contribution < 1.29 is 4.74 Å². The minimum Gasteiger partial charge on any atom is -0.497 e. The average Bonchev–Trinajstić information content (AvgIpc) is 2.39. The van der Waals surface area contributed by atoms with Crippen molar-refractivity contribution in [1.82, 2.24) is 0 Å². The summed E-state index contributed by atoms with van der Waals surface area (Å²) in [6.07, 6.45) is 0. The van der Waals surface area contributed by atoms with Crippen LogP contribution >= 0.6 is 27.5 Å². The predicted molar refractivity (Wildman–Crippen MR) is 76.1 cm³/mol. The molecule has 88 valence electrons. The minimum atomic E-state index is 0.752. The Bertz CT molecular complexity index is 508. The van der Waals surface area contributed by atoms with Gasteiger partial charge in [0.1, 0.15) is 5.75 Å². The van der Waals surface area contributed by atoms with E-state index in [0.717, 1.165) is 21.7 Å². The lowest BCUT2D eigenvalue weighted by molar-refractivity contribution is 0.414. The first-order valence-electron chi connectivity index (χ1n) is 5.23. The van der Waals surface area contributed by atoms with Crippen LogP contribution in [0.4, 0.5) is 0 Å². The normalized spacial score (nSPS) is 10.3. The van der Waals surface area contributed by atoms with Crippen LogP contribution in [0.3, 0.4) is 0 Å². The lowest BCUT2D eigenvalue weighted by Gasteiger charge is -2.09. The summed E-state index contributed by atoms with van der Waals surface area (Å²) in [7, 11) is 1.68. The number of hydrogen-bond donors (Lipinski definition) is 0. The molecule has 0 heterocycles. The number of rotatable bonds is 3. The molecule has 0 bridgehead atoms. The van der Waals surface area contributed by atoms with Crippen LogP contribution in [0.5, 0.6) is 5.75 Å². The summed E-state index contributed by atoms with van der Waals surface area (Å²) in [6.45, 7) is 0. The first kappa shape index (κ1) is 12.5. The highest BCUT2D eigenvalue weighted by Crippen LogP contribution is 2.29.